The lowest BCUT2D eigenvalue weighted by atomic mass is 10.1. The van der Waals surface area contributed by atoms with Crippen molar-refractivity contribution in [2.75, 3.05) is 18.1 Å². The summed E-state index contributed by atoms with van der Waals surface area (Å²) in [5, 5.41) is 2.84. The monoisotopic (exact) mass is 712 g/mol. The van der Waals surface area contributed by atoms with Gasteiger partial charge in [0.05, 0.1) is 16.5 Å². The number of urea groups is 1. The number of nitrogens with zero attached hydrogens (tertiary/aromatic N) is 3. The maximum Gasteiger partial charge on any atom is 0.458 e. The molecule has 0 saturated heterocycles. The van der Waals surface area contributed by atoms with Gasteiger partial charge in [0.15, 0.2) is 5.84 Å². The first-order chi connectivity index (χ1) is 23.0. The number of anilines is 1. The van der Waals surface area contributed by atoms with Crippen molar-refractivity contribution in [2.24, 2.45) is 15.0 Å². The number of benzene rings is 2. The number of thioether (sulfide) groups is 1. The Morgan fingerprint density at radius 1 is 1.00 bits per heavy atom. The van der Waals surface area contributed by atoms with Crippen molar-refractivity contribution < 1.29 is 35.9 Å². The average molecular weight is 713 g/mol. The van der Waals surface area contributed by atoms with Crippen molar-refractivity contribution in [3.05, 3.63) is 102 Å². The number of alkyl halides is 5. The molecule has 0 heterocycles. The third-order valence-electron chi connectivity index (χ3n) is 5.95. The zero-order valence-electron chi connectivity index (χ0n) is 29.1. The van der Waals surface area contributed by atoms with Gasteiger partial charge < -0.3 is 5.32 Å². The van der Waals surface area contributed by atoms with Crippen LogP contribution in [0, 0.1) is 12.7 Å². The number of rotatable bonds is 9. The van der Waals surface area contributed by atoms with Gasteiger partial charge in [-0.2, -0.15) is 26.9 Å². The van der Waals surface area contributed by atoms with E-state index in [1.165, 1.54) is 41.6 Å². The van der Waals surface area contributed by atoms with Crippen LogP contribution in [-0.2, 0) is 10.7 Å². The van der Waals surface area contributed by atoms with Crippen molar-refractivity contribution >= 4 is 46.4 Å². The summed E-state index contributed by atoms with van der Waals surface area (Å²) in [5.41, 5.74) is 1.37. The van der Waals surface area contributed by atoms with Crippen LogP contribution in [0.25, 0.3) is 0 Å². The zero-order valence-corrected chi connectivity index (χ0v) is 29.9. The minimum absolute atomic E-state index is 0.0166. The van der Waals surface area contributed by atoms with Crippen LogP contribution < -0.4 is 5.32 Å². The molecule has 0 unspecified atom stereocenters. The molecule has 0 saturated carbocycles. The Morgan fingerprint density at radius 3 is 2.02 bits per heavy atom. The summed E-state index contributed by atoms with van der Waals surface area (Å²) in [7, 11) is 1.59. The van der Waals surface area contributed by atoms with Crippen LogP contribution in [0.15, 0.2) is 94.9 Å². The summed E-state index contributed by atoms with van der Waals surface area (Å²) < 4.78 is 75.3. The molecule has 2 amide bonds. The molecule has 0 bridgehead atoms. The Morgan fingerprint density at radius 2 is 1.59 bits per heavy atom. The van der Waals surface area contributed by atoms with E-state index in [-0.39, 0.29) is 17.2 Å². The molecule has 0 spiro atoms. The molecule has 0 fully saturated rings. The lowest BCUT2D eigenvalue weighted by Gasteiger charge is -2.19. The van der Waals surface area contributed by atoms with E-state index in [9.17, 15) is 35.9 Å². The third-order valence-corrected chi connectivity index (χ3v) is 6.93. The number of unbranched alkanes of at least 4 members (excludes halogenated alkanes) is 1. The number of amidine groups is 1. The molecule has 2 rings (SSSR count). The number of amides is 2. The molecular formula is C36H46F6N4O2S. The van der Waals surface area contributed by atoms with Gasteiger partial charge in [-0.05, 0) is 52.3 Å². The maximum absolute atomic E-state index is 14.3. The van der Waals surface area contributed by atoms with Gasteiger partial charge in [0.1, 0.15) is 11.6 Å². The molecule has 270 valence electrons. The molecule has 0 aliphatic heterocycles. The van der Waals surface area contributed by atoms with E-state index < -0.39 is 29.5 Å². The smallest absolute Gasteiger partial charge is 0.303 e. The molecule has 0 atom stereocenters. The van der Waals surface area contributed by atoms with E-state index in [0.717, 1.165) is 25.0 Å². The van der Waals surface area contributed by atoms with Gasteiger partial charge in [0.2, 0.25) is 0 Å². The van der Waals surface area contributed by atoms with E-state index in [1.807, 2.05) is 32.9 Å². The lowest BCUT2D eigenvalue weighted by molar-refractivity contribution is -0.289. The molecule has 6 nitrogen and oxygen atoms in total. The first-order valence-corrected chi connectivity index (χ1v) is 16.0. The summed E-state index contributed by atoms with van der Waals surface area (Å²) in [4.78, 5) is 35.3. The number of aryl methyl sites for hydroxylation is 1. The topological polar surface area (TPSA) is 83.2 Å². The van der Waals surface area contributed by atoms with Gasteiger partial charge in [-0.15, -0.1) is 24.9 Å². The predicted molar refractivity (Wildman–Crippen MR) is 194 cm³/mol. The summed E-state index contributed by atoms with van der Waals surface area (Å²) >= 11 is 1.19. The first kappa shape index (κ1) is 46.9. The molecule has 2 aromatic rings. The predicted octanol–water partition coefficient (Wildman–Crippen LogP) is 11.3. The maximum atomic E-state index is 14.3. The summed E-state index contributed by atoms with van der Waals surface area (Å²) in [6, 6.07) is 7.65. The average Bonchev–Trinajstić information content (AvgIpc) is 3.07. The van der Waals surface area contributed by atoms with E-state index in [0.29, 0.717) is 28.4 Å². The number of halogens is 6. The molecule has 0 aliphatic carbocycles. The van der Waals surface area contributed by atoms with Gasteiger partial charge in [-0.3, -0.25) is 9.79 Å². The zero-order chi connectivity index (χ0) is 38.2. The number of Topliss-reactive ketones (excluding diaryl/α,β-unsaturated/α-hetero) is 1. The van der Waals surface area contributed by atoms with Crippen molar-refractivity contribution in [2.45, 2.75) is 72.9 Å². The van der Waals surface area contributed by atoms with Gasteiger partial charge in [-0.1, -0.05) is 74.4 Å². The van der Waals surface area contributed by atoms with Gasteiger partial charge in [-0.25, -0.2) is 14.2 Å². The SMILES string of the molecule is C=C.C=C/C(C)=C\C.CCCC=NC(=NC)c1ccc(NC(=O)/N=C(/C)SCC(=O)CC)c(F)c1.Cc1ccc(C(F)(F)C(F)(F)F)cc1. The molecule has 13 heteroatoms. The van der Waals surface area contributed by atoms with Crippen LogP contribution in [0.2, 0.25) is 0 Å². The molecule has 2 aromatic carbocycles. The normalized spacial score (nSPS) is 12.1. The van der Waals surface area contributed by atoms with Crippen LogP contribution in [0.5, 0.6) is 0 Å². The highest BCUT2D eigenvalue weighted by molar-refractivity contribution is 8.14. The Hall–Kier alpha value is -4.26. The van der Waals surface area contributed by atoms with Crippen molar-refractivity contribution in [1.29, 1.82) is 0 Å². The van der Waals surface area contributed by atoms with Crippen LogP contribution in [0.3, 0.4) is 0 Å². The fraction of sp³-hybridized carbons (Fsp3) is 0.361. The first-order valence-electron chi connectivity index (χ1n) is 15.0. The Balaban J connectivity index is 0. The minimum atomic E-state index is -5.54. The number of hydrogen-bond donors (Lipinski definition) is 1. The summed E-state index contributed by atoms with van der Waals surface area (Å²) in [5.74, 6) is -4.62. The molecule has 0 aliphatic rings. The quantitative estimate of drug-likeness (QED) is 0.0923. The molecular weight excluding hydrogens is 666 g/mol. The minimum Gasteiger partial charge on any atom is -0.303 e. The van der Waals surface area contributed by atoms with E-state index in [2.05, 4.69) is 40.0 Å². The highest BCUT2D eigenvalue weighted by Gasteiger charge is 2.58. The van der Waals surface area contributed by atoms with Crippen LogP contribution >= 0.6 is 11.8 Å². The third kappa shape index (κ3) is 18.8. The molecule has 0 radical (unpaired) electrons. The number of carbonyl (C=O) groups is 2. The van der Waals surface area contributed by atoms with E-state index >= 15 is 0 Å². The van der Waals surface area contributed by atoms with Crippen molar-refractivity contribution in [1.82, 2.24) is 0 Å². The van der Waals surface area contributed by atoms with Gasteiger partial charge >= 0.3 is 18.1 Å². The fourth-order valence-electron chi connectivity index (χ4n) is 2.95. The van der Waals surface area contributed by atoms with Gasteiger partial charge in [0, 0.05) is 30.8 Å². The lowest BCUT2D eigenvalue weighted by Crippen LogP contribution is -2.33. The number of aliphatic imine (C=N–C) groups is 3. The highest BCUT2D eigenvalue weighted by atomic mass is 32.2. The molecule has 49 heavy (non-hydrogen) atoms. The van der Waals surface area contributed by atoms with E-state index in [1.54, 1.807) is 40.1 Å². The summed E-state index contributed by atoms with van der Waals surface area (Å²) in [6.07, 6.45) is 2.28. The Kier molecular flexibility index (Phi) is 23.7. The standard InChI is InChI=1S/C19H25FN4O2S.C9H7F5.C6H10.C2H4/c1-5-7-10-22-18(21-4)14-8-9-17(16(20)11-14)24-19(26)23-13(3)27-12-15(25)6-2;1-6-2-4-7(5-3-6)8(10,11)9(12,13)14;1-4-6(3)5-2;1-2/h8-11H,5-7,12H2,1-4H3,(H,24,26);2-5H,1H3;4-5H,1H2,2-3H3;1-2H2/b21-18?,22-10?,23-13-;;6-5-;. The second-order valence-electron chi connectivity index (χ2n) is 9.76. The summed E-state index contributed by atoms with van der Waals surface area (Å²) in [6.45, 7) is 20.6. The Labute approximate surface area is 290 Å². The molecule has 0 aromatic heterocycles. The number of carbonyl (C=O) groups excluding carboxylic acids is 2. The van der Waals surface area contributed by atoms with Crippen LogP contribution in [0.1, 0.15) is 70.6 Å². The second-order valence-corrected chi connectivity index (χ2v) is 10.9. The highest BCUT2D eigenvalue weighted by Crippen LogP contribution is 2.43. The van der Waals surface area contributed by atoms with Gasteiger partial charge in [0.25, 0.3) is 0 Å². The number of ketones is 1. The Bertz CT molecular complexity index is 1450. The number of allylic oxidation sites excluding steroid dienone is 3. The van der Waals surface area contributed by atoms with Crippen LogP contribution in [-0.4, -0.2) is 47.9 Å². The molecule has 1 N–H and O–H groups in total. The number of nitrogens with one attached hydrogen (secondary N) is 1. The second kappa shape index (κ2) is 24.8. The van der Waals surface area contributed by atoms with Crippen LogP contribution in [0.4, 0.5) is 36.8 Å². The largest absolute Gasteiger partial charge is 0.458 e. The van der Waals surface area contributed by atoms with Crippen molar-refractivity contribution in [3.63, 3.8) is 0 Å². The number of hydrogen-bond acceptors (Lipinski definition) is 4. The van der Waals surface area contributed by atoms with Crippen molar-refractivity contribution in [3.8, 4) is 0 Å². The fourth-order valence-corrected chi connectivity index (χ4v) is 3.67. The van der Waals surface area contributed by atoms with E-state index in [4.69, 9.17) is 0 Å².